The lowest BCUT2D eigenvalue weighted by Crippen LogP contribution is -2.30. The molecule has 0 aliphatic carbocycles. The first kappa shape index (κ1) is 74.8. The Labute approximate surface area is 492 Å². The largest absolute Gasteiger partial charge is 0.462 e. The molecule has 0 aromatic rings. The third kappa shape index (κ3) is 63.6. The average Bonchev–Trinajstić information content (AvgIpc) is 3.46. The zero-order valence-corrected chi connectivity index (χ0v) is 51.3. The van der Waals surface area contributed by atoms with E-state index < -0.39 is 6.10 Å². The molecule has 80 heavy (non-hydrogen) atoms. The maximum Gasteiger partial charge on any atom is 0.306 e. The summed E-state index contributed by atoms with van der Waals surface area (Å²) in [6.45, 7) is 6.32. The second-order valence-electron chi connectivity index (χ2n) is 20.6. The van der Waals surface area contributed by atoms with Crippen molar-refractivity contribution in [3.8, 4) is 0 Å². The fraction of sp³-hybridized carbons (Fsp3) is 0.581. The number of carbonyl (C=O) groups is 3. The summed E-state index contributed by atoms with van der Waals surface area (Å²) in [4.78, 5) is 38.1. The minimum atomic E-state index is -0.812. The Balaban J connectivity index is 4.34. The van der Waals surface area contributed by atoms with Gasteiger partial charge in [-0.2, -0.15) is 0 Å². The number of esters is 3. The Morgan fingerprint density at radius 2 is 0.500 bits per heavy atom. The van der Waals surface area contributed by atoms with E-state index in [4.69, 9.17) is 14.2 Å². The Morgan fingerprint density at radius 3 is 0.812 bits per heavy atom. The molecule has 0 heterocycles. The second kappa shape index (κ2) is 66.3. The lowest BCUT2D eigenvalue weighted by atomic mass is 10.1. The molecule has 1 atom stereocenters. The van der Waals surface area contributed by atoms with Crippen LogP contribution in [0.15, 0.2) is 170 Å². The van der Waals surface area contributed by atoms with E-state index in [9.17, 15) is 14.4 Å². The summed E-state index contributed by atoms with van der Waals surface area (Å²) >= 11 is 0. The monoisotopic (exact) mass is 1100 g/mol. The van der Waals surface area contributed by atoms with Gasteiger partial charge in [0.25, 0.3) is 0 Å². The summed E-state index contributed by atoms with van der Waals surface area (Å²) in [7, 11) is 0. The molecule has 0 saturated heterocycles. The van der Waals surface area contributed by atoms with Crippen molar-refractivity contribution in [2.45, 2.75) is 264 Å². The molecule has 0 bridgehead atoms. The van der Waals surface area contributed by atoms with Gasteiger partial charge in [-0.1, -0.05) is 281 Å². The molecule has 0 aliphatic heterocycles. The third-order valence-corrected chi connectivity index (χ3v) is 13.0. The van der Waals surface area contributed by atoms with Gasteiger partial charge >= 0.3 is 17.9 Å². The molecule has 0 aliphatic rings. The number of ether oxygens (including phenoxy) is 3. The zero-order chi connectivity index (χ0) is 57.8. The number of allylic oxidation sites excluding steroid dienone is 28. The summed E-state index contributed by atoms with van der Waals surface area (Å²) in [5.41, 5.74) is 0. The van der Waals surface area contributed by atoms with Crippen LogP contribution >= 0.6 is 0 Å². The molecule has 0 saturated carbocycles. The first-order chi connectivity index (χ1) is 39.5. The van der Waals surface area contributed by atoms with E-state index in [0.29, 0.717) is 19.3 Å². The van der Waals surface area contributed by atoms with Gasteiger partial charge in [0.2, 0.25) is 0 Å². The van der Waals surface area contributed by atoms with E-state index in [1.54, 1.807) is 0 Å². The average molecular weight is 1100 g/mol. The SMILES string of the molecule is CC/C=C\C/C=C\C/C=C\C/C=C\C/C=C\C/C=C\C/C=C\C/C=C\C/C=C\CCCC(=O)OCC(COC(=O)CCCCCCCCCC)OC(=O)CCCCCCCCCCC/C=C\C/C=C\C/C=C\C/C=C\C/C=C\CC. The quantitative estimate of drug-likeness (QED) is 0.0261. The van der Waals surface area contributed by atoms with E-state index in [1.807, 2.05) is 0 Å². The predicted molar refractivity (Wildman–Crippen MR) is 348 cm³/mol. The van der Waals surface area contributed by atoms with Crippen LogP contribution in [-0.2, 0) is 28.6 Å². The molecular formula is C74H116O6. The Bertz CT molecular complexity index is 1840. The highest BCUT2D eigenvalue weighted by Gasteiger charge is 2.19. The molecule has 6 nitrogen and oxygen atoms in total. The normalized spacial score (nSPS) is 13.3. The third-order valence-electron chi connectivity index (χ3n) is 13.0. The molecule has 0 rings (SSSR count). The fourth-order valence-electron chi connectivity index (χ4n) is 8.23. The lowest BCUT2D eigenvalue weighted by Gasteiger charge is -2.18. The van der Waals surface area contributed by atoms with Crippen LogP contribution in [0.5, 0.6) is 0 Å². The summed E-state index contributed by atoms with van der Waals surface area (Å²) in [6, 6.07) is 0. The van der Waals surface area contributed by atoms with Gasteiger partial charge in [-0.3, -0.25) is 14.4 Å². The Morgan fingerprint density at radius 1 is 0.263 bits per heavy atom. The van der Waals surface area contributed by atoms with Crippen LogP contribution in [0.3, 0.4) is 0 Å². The number of unbranched alkanes of at least 4 members (excludes halogenated alkanes) is 17. The topological polar surface area (TPSA) is 78.9 Å². The van der Waals surface area contributed by atoms with E-state index in [1.165, 1.54) is 70.6 Å². The van der Waals surface area contributed by atoms with Gasteiger partial charge in [-0.15, -0.1) is 0 Å². The Hall–Kier alpha value is -5.23. The number of hydrogen-bond acceptors (Lipinski definition) is 6. The maximum absolute atomic E-state index is 12.9. The van der Waals surface area contributed by atoms with E-state index in [-0.39, 0.29) is 37.5 Å². The van der Waals surface area contributed by atoms with Gasteiger partial charge < -0.3 is 14.2 Å². The van der Waals surface area contributed by atoms with Gasteiger partial charge in [0, 0.05) is 19.3 Å². The van der Waals surface area contributed by atoms with Gasteiger partial charge in [-0.05, 0) is 128 Å². The first-order valence-electron chi connectivity index (χ1n) is 32.1. The number of hydrogen-bond donors (Lipinski definition) is 0. The lowest BCUT2D eigenvalue weighted by molar-refractivity contribution is -0.167. The van der Waals surface area contributed by atoms with Crippen molar-refractivity contribution < 1.29 is 28.6 Å². The van der Waals surface area contributed by atoms with Gasteiger partial charge in [0.1, 0.15) is 13.2 Å². The van der Waals surface area contributed by atoms with Crippen LogP contribution in [0.2, 0.25) is 0 Å². The number of rotatable bonds is 56. The van der Waals surface area contributed by atoms with E-state index in [0.717, 1.165) is 141 Å². The summed E-state index contributed by atoms with van der Waals surface area (Å²) in [6.07, 6.45) is 98.1. The molecule has 0 N–H and O–H groups in total. The van der Waals surface area contributed by atoms with Crippen LogP contribution in [0.1, 0.15) is 258 Å². The summed E-state index contributed by atoms with van der Waals surface area (Å²) in [5, 5.41) is 0. The molecule has 0 radical (unpaired) electrons. The van der Waals surface area contributed by atoms with Gasteiger partial charge in [-0.25, -0.2) is 0 Å². The van der Waals surface area contributed by atoms with Crippen LogP contribution in [-0.4, -0.2) is 37.2 Å². The van der Waals surface area contributed by atoms with Crippen molar-refractivity contribution in [3.05, 3.63) is 170 Å². The van der Waals surface area contributed by atoms with Crippen molar-refractivity contribution in [1.82, 2.24) is 0 Å². The number of carbonyl (C=O) groups excluding carboxylic acids is 3. The highest BCUT2D eigenvalue weighted by molar-refractivity contribution is 5.71. The standard InChI is InChI=1S/C74H116O6/c1-4-7-10-13-16-19-21-23-25-27-29-31-33-35-36-37-38-40-41-43-45-47-49-51-53-55-58-61-64-67-73(76)79-70-71(69-78-72(75)66-63-60-57-18-15-12-9-6-3)80-74(77)68-65-62-59-56-54-52-50-48-46-44-42-39-34-32-30-28-26-24-22-20-17-14-11-8-5-2/h7-8,10-11,16-17,19-20,23-26,29-32,35-36,38-40,42-43,45,49,51,55,58,71H,4-6,9,12-15,18,21-22,27-28,33-34,37,41,44,46-48,50,52-54,56-57,59-70H2,1-3H3/b10-7-,11-8-,19-16-,20-17-,25-23-,26-24-,31-29-,32-30-,36-35-,40-38-,42-39-,45-43-,51-49-,58-55-. The van der Waals surface area contributed by atoms with Crippen molar-refractivity contribution >= 4 is 17.9 Å². The Kier molecular flexibility index (Phi) is 61.9. The molecule has 0 amide bonds. The smallest absolute Gasteiger partial charge is 0.306 e. The minimum Gasteiger partial charge on any atom is -0.462 e. The van der Waals surface area contributed by atoms with Gasteiger partial charge in [0.15, 0.2) is 6.10 Å². The van der Waals surface area contributed by atoms with Crippen molar-refractivity contribution in [2.24, 2.45) is 0 Å². The van der Waals surface area contributed by atoms with Gasteiger partial charge in [0.05, 0.1) is 0 Å². The molecular weight excluding hydrogens is 985 g/mol. The molecule has 6 heteroatoms. The first-order valence-corrected chi connectivity index (χ1v) is 32.1. The van der Waals surface area contributed by atoms with Crippen LogP contribution in [0, 0.1) is 0 Å². The van der Waals surface area contributed by atoms with Crippen LogP contribution in [0.25, 0.3) is 0 Å². The summed E-state index contributed by atoms with van der Waals surface area (Å²) in [5.74, 6) is -0.983. The van der Waals surface area contributed by atoms with Crippen molar-refractivity contribution in [2.75, 3.05) is 13.2 Å². The van der Waals surface area contributed by atoms with E-state index >= 15 is 0 Å². The highest BCUT2D eigenvalue weighted by Crippen LogP contribution is 2.14. The van der Waals surface area contributed by atoms with Crippen LogP contribution < -0.4 is 0 Å². The zero-order valence-electron chi connectivity index (χ0n) is 51.3. The maximum atomic E-state index is 12.9. The van der Waals surface area contributed by atoms with Crippen LogP contribution in [0.4, 0.5) is 0 Å². The molecule has 448 valence electrons. The fourth-order valence-corrected chi connectivity index (χ4v) is 8.23. The van der Waals surface area contributed by atoms with E-state index in [2.05, 4.69) is 191 Å². The summed E-state index contributed by atoms with van der Waals surface area (Å²) < 4.78 is 16.8. The highest BCUT2D eigenvalue weighted by atomic mass is 16.6. The van der Waals surface area contributed by atoms with Crippen molar-refractivity contribution in [1.29, 1.82) is 0 Å². The molecule has 0 fully saturated rings. The second-order valence-corrected chi connectivity index (χ2v) is 20.6. The predicted octanol–water partition coefficient (Wildman–Crippen LogP) is 22.3. The molecule has 0 aromatic heterocycles. The molecule has 0 spiro atoms. The minimum absolute atomic E-state index is 0.104. The molecule has 0 aromatic carbocycles. The van der Waals surface area contributed by atoms with Crippen molar-refractivity contribution in [3.63, 3.8) is 0 Å². The molecule has 1 unspecified atom stereocenters.